The fraction of sp³-hybridized carbons (Fsp3) is 0.500. The topological polar surface area (TPSA) is 26.3 Å². The summed E-state index contributed by atoms with van der Waals surface area (Å²) in [5.41, 5.74) is 1.84. The zero-order valence-corrected chi connectivity index (χ0v) is 13.9. The predicted molar refractivity (Wildman–Crippen MR) is 69.4 cm³/mol. The number of ketones is 1. The number of benzene rings is 1. The van der Waals surface area contributed by atoms with E-state index in [1.807, 2.05) is 18.2 Å². The molecule has 0 amide bonds. The summed E-state index contributed by atoms with van der Waals surface area (Å²) in [4.78, 5) is 11.4. The van der Waals surface area contributed by atoms with E-state index < -0.39 is 0 Å². The number of Topliss-reactive ketones (excluding diaryl/α,β-unsaturated/α-hetero) is 1. The summed E-state index contributed by atoms with van der Waals surface area (Å²) in [6.07, 6.45) is 0. The molecule has 0 heterocycles. The molecule has 0 aromatic heterocycles. The molecule has 1 aromatic carbocycles. The molecule has 0 aliphatic heterocycles. The maximum atomic E-state index is 11.4. The van der Waals surface area contributed by atoms with E-state index in [1.54, 1.807) is 14.0 Å². The van der Waals surface area contributed by atoms with Gasteiger partial charge in [-0.2, -0.15) is 0 Å². The first-order valence-electron chi connectivity index (χ1n) is 5.89. The van der Waals surface area contributed by atoms with Gasteiger partial charge in [0.05, 0.1) is 27.7 Å². The van der Waals surface area contributed by atoms with E-state index in [0.29, 0.717) is 0 Å². The molecule has 18 heavy (non-hydrogen) atoms. The highest BCUT2D eigenvalue weighted by Gasteiger charge is 2.17. The van der Waals surface area contributed by atoms with Crippen molar-refractivity contribution in [1.29, 1.82) is 0 Å². The highest BCUT2D eigenvalue weighted by atomic mass is 127. The molecule has 0 unspecified atom stereocenters. The second kappa shape index (κ2) is 7.09. The first-order chi connectivity index (χ1) is 7.89. The largest absolute Gasteiger partial charge is 1.00 e. The van der Waals surface area contributed by atoms with Crippen LogP contribution in [0, 0.1) is 0 Å². The Hall–Kier alpha value is -0.620. The van der Waals surface area contributed by atoms with Gasteiger partial charge in [0.25, 0.3) is 0 Å². The third-order valence-electron chi connectivity index (χ3n) is 3.14. The third kappa shape index (κ3) is 4.57. The summed E-state index contributed by atoms with van der Waals surface area (Å²) in [6, 6.07) is 5.63. The van der Waals surface area contributed by atoms with Crippen LogP contribution >= 0.6 is 0 Å². The lowest BCUT2D eigenvalue weighted by Crippen LogP contribution is -3.00. The predicted octanol–water partition coefficient (Wildman–Crippen LogP) is -0.502. The first-order valence-corrected chi connectivity index (χ1v) is 5.89. The van der Waals surface area contributed by atoms with Crippen molar-refractivity contribution >= 4 is 5.78 Å². The van der Waals surface area contributed by atoms with Crippen LogP contribution in [0.3, 0.4) is 0 Å². The Morgan fingerprint density at radius 3 is 2.39 bits per heavy atom. The van der Waals surface area contributed by atoms with Gasteiger partial charge in [0, 0.05) is 11.1 Å². The van der Waals surface area contributed by atoms with Gasteiger partial charge < -0.3 is 33.2 Å². The average Bonchev–Trinajstić information content (AvgIpc) is 2.28. The third-order valence-corrected chi connectivity index (χ3v) is 3.14. The molecule has 0 aliphatic rings. The minimum absolute atomic E-state index is 0. The molecule has 0 fully saturated rings. The molecule has 0 saturated heterocycles. The van der Waals surface area contributed by atoms with E-state index in [0.717, 1.165) is 34.4 Å². The zero-order chi connectivity index (χ0) is 13.1. The van der Waals surface area contributed by atoms with E-state index in [9.17, 15) is 4.79 Å². The first kappa shape index (κ1) is 17.4. The van der Waals surface area contributed by atoms with Gasteiger partial charge in [-0.25, -0.2) is 0 Å². The standard InChI is InChI=1S/C14H22NO2.HI/c1-6-15(3,4)10-13-9-12(11(2)16)7-8-14(13)17-5;/h7-9H,6,10H2,1-5H3;1H/q+1;/p-1. The fourth-order valence-corrected chi connectivity index (χ4v) is 1.69. The van der Waals surface area contributed by atoms with Crippen LogP contribution in [0.15, 0.2) is 18.2 Å². The maximum Gasteiger partial charge on any atom is 0.159 e. The van der Waals surface area contributed by atoms with Crippen LogP contribution in [0.5, 0.6) is 5.75 Å². The lowest BCUT2D eigenvalue weighted by Gasteiger charge is -2.29. The van der Waals surface area contributed by atoms with Crippen molar-refractivity contribution < 1.29 is 38.0 Å². The number of hydrogen-bond donors (Lipinski definition) is 0. The van der Waals surface area contributed by atoms with Crippen molar-refractivity contribution in [3.8, 4) is 5.75 Å². The van der Waals surface area contributed by atoms with Gasteiger partial charge in [-0.15, -0.1) is 0 Å². The van der Waals surface area contributed by atoms with E-state index in [1.165, 1.54) is 0 Å². The van der Waals surface area contributed by atoms with Gasteiger partial charge in [0.1, 0.15) is 12.3 Å². The average molecular weight is 363 g/mol. The molecule has 0 saturated carbocycles. The zero-order valence-electron chi connectivity index (χ0n) is 11.8. The molecular weight excluding hydrogens is 341 g/mol. The molecular formula is C14H22INO2. The van der Waals surface area contributed by atoms with Crippen LogP contribution in [0.1, 0.15) is 29.8 Å². The van der Waals surface area contributed by atoms with E-state index >= 15 is 0 Å². The van der Waals surface area contributed by atoms with Crippen LogP contribution in [0.25, 0.3) is 0 Å². The van der Waals surface area contributed by atoms with Crippen LogP contribution in [-0.2, 0) is 6.54 Å². The van der Waals surface area contributed by atoms with Gasteiger partial charge in [0.2, 0.25) is 0 Å². The lowest BCUT2D eigenvalue weighted by atomic mass is 10.1. The number of hydrogen-bond acceptors (Lipinski definition) is 2. The molecule has 0 bridgehead atoms. The number of ether oxygens (including phenoxy) is 1. The van der Waals surface area contributed by atoms with Crippen molar-refractivity contribution in [2.24, 2.45) is 0 Å². The van der Waals surface area contributed by atoms with Crippen LogP contribution < -0.4 is 28.7 Å². The molecule has 0 spiro atoms. The Balaban J connectivity index is 0.00000289. The molecule has 0 atom stereocenters. The van der Waals surface area contributed by atoms with Gasteiger partial charge in [-0.1, -0.05) is 0 Å². The van der Waals surface area contributed by atoms with Gasteiger partial charge in [-0.05, 0) is 32.0 Å². The molecule has 1 aromatic rings. The highest BCUT2D eigenvalue weighted by molar-refractivity contribution is 5.94. The Morgan fingerprint density at radius 1 is 1.33 bits per heavy atom. The van der Waals surface area contributed by atoms with Crippen molar-refractivity contribution in [3.05, 3.63) is 29.3 Å². The number of carbonyl (C=O) groups is 1. The Kier molecular flexibility index (Phi) is 6.84. The molecule has 3 nitrogen and oxygen atoms in total. The Labute approximate surface area is 127 Å². The Morgan fingerprint density at radius 2 is 1.94 bits per heavy atom. The van der Waals surface area contributed by atoms with Crippen molar-refractivity contribution in [3.63, 3.8) is 0 Å². The van der Waals surface area contributed by atoms with Crippen molar-refractivity contribution in [2.75, 3.05) is 27.7 Å². The number of halogens is 1. The van der Waals surface area contributed by atoms with Crippen LogP contribution in [-0.4, -0.2) is 38.0 Å². The maximum absolute atomic E-state index is 11.4. The minimum Gasteiger partial charge on any atom is -1.00 e. The highest BCUT2D eigenvalue weighted by Crippen LogP contribution is 2.23. The summed E-state index contributed by atoms with van der Waals surface area (Å²) >= 11 is 0. The second-order valence-electron chi connectivity index (χ2n) is 4.99. The summed E-state index contributed by atoms with van der Waals surface area (Å²) in [5.74, 6) is 0.949. The van der Waals surface area contributed by atoms with Crippen molar-refractivity contribution in [1.82, 2.24) is 0 Å². The summed E-state index contributed by atoms with van der Waals surface area (Å²) < 4.78 is 6.22. The molecule has 102 valence electrons. The number of carbonyl (C=O) groups excluding carboxylic acids is 1. The summed E-state index contributed by atoms with van der Waals surface area (Å²) in [7, 11) is 6.00. The quantitative estimate of drug-likeness (QED) is 0.401. The number of nitrogens with zero attached hydrogens (tertiary/aromatic N) is 1. The molecule has 0 radical (unpaired) electrons. The number of rotatable bonds is 5. The fourth-order valence-electron chi connectivity index (χ4n) is 1.69. The summed E-state index contributed by atoms with van der Waals surface area (Å²) in [5, 5.41) is 0. The number of quaternary nitrogens is 1. The van der Waals surface area contributed by atoms with Crippen molar-refractivity contribution in [2.45, 2.75) is 20.4 Å². The second-order valence-corrected chi connectivity index (χ2v) is 4.99. The van der Waals surface area contributed by atoms with Gasteiger partial charge in [0.15, 0.2) is 5.78 Å². The SMILES string of the molecule is CC[N+](C)(C)Cc1cc(C(C)=O)ccc1OC.[I-]. The van der Waals surface area contributed by atoms with E-state index in [-0.39, 0.29) is 29.8 Å². The molecule has 4 heteroatoms. The Bertz CT molecular complexity index is 416. The molecule has 0 N–H and O–H groups in total. The van der Waals surface area contributed by atoms with Crippen LogP contribution in [0.4, 0.5) is 0 Å². The normalized spacial score (nSPS) is 10.7. The molecule has 1 rings (SSSR count). The summed E-state index contributed by atoms with van der Waals surface area (Å²) in [6.45, 7) is 5.64. The number of methoxy groups -OCH3 is 1. The lowest BCUT2D eigenvalue weighted by molar-refractivity contribution is -0.901. The van der Waals surface area contributed by atoms with Gasteiger partial charge >= 0.3 is 0 Å². The smallest absolute Gasteiger partial charge is 0.159 e. The van der Waals surface area contributed by atoms with E-state index in [4.69, 9.17) is 4.74 Å². The van der Waals surface area contributed by atoms with Gasteiger partial charge in [-0.3, -0.25) is 4.79 Å². The minimum atomic E-state index is 0. The monoisotopic (exact) mass is 363 g/mol. The van der Waals surface area contributed by atoms with E-state index in [2.05, 4.69) is 21.0 Å². The van der Waals surface area contributed by atoms with Crippen LogP contribution in [0.2, 0.25) is 0 Å². The molecule has 0 aliphatic carbocycles.